The third-order valence-corrected chi connectivity index (χ3v) is 5.78. The molecule has 23 heavy (non-hydrogen) atoms. The first-order chi connectivity index (χ1) is 11.0. The van der Waals surface area contributed by atoms with Crippen molar-refractivity contribution in [2.75, 3.05) is 19.0 Å². The highest BCUT2D eigenvalue weighted by Gasteiger charge is 2.46. The maximum absolute atomic E-state index is 6.06. The molecule has 0 unspecified atom stereocenters. The van der Waals surface area contributed by atoms with Crippen LogP contribution >= 0.6 is 15.9 Å². The van der Waals surface area contributed by atoms with Crippen molar-refractivity contribution in [2.45, 2.75) is 25.3 Å². The quantitative estimate of drug-likeness (QED) is 0.769. The molecular formula is C19H20BrNO2. The molecule has 2 atom stereocenters. The Morgan fingerprint density at radius 1 is 1.22 bits per heavy atom. The van der Waals surface area contributed by atoms with Gasteiger partial charge in [-0.1, -0.05) is 29.8 Å². The number of fused-ring (bicyclic) bond motifs is 4. The number of ether oxygens (including phenoxy) is 2. The van der Waals surface area contributed by atoms with E-state index in [-0.39, 0.29) is 11.5 Å². The van der Waals surface area contributed by atoms with Crippen molar-refractivity contribution in [3.63, 3.8) is 0 Å². The number of methoxy groups -OCH3 is 1. The molecule has 0 aromatic heterocycles. The number of nitrogens with one attached hydrogen (secondary N) is 1. The van der Waals surface area contributed by atoms with E-state index in [4.69, 9.17) is 9.47 Å². The molecule has 2 heterocycles. The Labute approximate surface area is 145 Å². The summed E-state index contributed by atoms with van der Waals surface area (Å²) in [5.41, 5.74) is 3.70. The molecule has 0 spiro atoms. The van der Waals surface area contributed by atoms with E-state index in [1.807, 2.05) is 18.2 Å². The number of hydrogen-bond donors (Lipinski definition) is 1. The van der Waals surface area contributed by atoms with Crippen molar-refractivity contribution in [3.8, 4) is 11.5 Å². The smallest absolute Gasteiger partial charge is 0.124 e. The van der Waals surface area contributed by atoms with Crippen molar-refractivity contribution in [1.82, 2.24) is 0 Å². The Morgan fingerprint density at radius 2 is 2.04 bits per heavy atom. The van der Waals surface area contributed by atoms with Gasteiger partial charge in [0.2, 0.25) is 0 Å². The second-order valence-electron chi connectivity index (χ2n) is 6.85. The van der Waals surface area contributed by atoms with Crippen LogP contribution in [0.25, 0.3) is 0 Å². The molecule has 120 valence electrons. The predicted octanol–water partition coefficient (Wildman–Crippen LogP) is 4.91. The molecule has 4 heteroatoms. The first kappa shape index (κ1) is 14.9. The normalized spacial score (nSPS) is 23.7. The summed E-state index contributed by atoms with van der Waals surface area (Å²) in [6.07, 6.45) is 0. The van der Waals surface area contributed by atoms with Crippen molar-refractivity contribution in [3.05, 3.63) is 52.0 Å². The molecule has 2 aromatic carbocycles. The van der Waals surface area contributed by atoms with Gasteiger partial charge in [-0.2, -0.15) is 0 Å². The number of hydrogen-bond acceptors (Lipinski definition) is 3. The third-order valence-electron chi connectivity index (χ3n) is 5.29. The van der Waals surface area contributed by atoms with Crippen molar-refractivity contribution in [2.24, 2.45) is 5.92 Å². The zero-order valence-corrected chi connectivity index (χ0v) is 15.1. The minimum atomic E-state index is -0.000201. The Bertz CT molecular complexity index is 772. The first-order valence-corrected chi connectivity index (χ1v) is 8.67. The fourth-order valence-corrected chi connectivity index (χ4v) is 4.25. The van der Waals surface area contributed by atoms with Gasteiger partial charge in [0.1, 0.15) is 11.5 Å². The maximum Gasteiger partial charge on any atom is 0.124 e. The predicted molar refractivity (Wildman–Crippen MR) is 95.5 cm³/mol. The monoisotopic (exact) mass is 373 g/mol. The Morgan fingerprint density at radius 3 is 2.83 bits per heavy atom. The van der Waals surface area contributed by atoms with Gasteiger partial charge < -0.3 is 14.8 Å². The Kier molecular flexibility index (Phi) is 3.34. The minimum Gasteiger partial charge on any atom is -0.497 e. The molecule has 0 saturated carbocycles. The molecule has 4 rings (SSSR count). The highest BCUT2D eigenvalue weighted by molar-refractivity contribution is 9.10. The summed E-state index contributed by atoms with van der Waals surface area (Å²) in [7, 11) is 1.71. The van der Waals surface area contributed by atoms with Crippen LogP contribution in [0.4, 0.5) is 5.69 Å². The van der Waals surface area contributed by atoms with E-state index < -0.39 is 0 Å². The summed E-state index contributed by atoms with van der Waals surface area (Å²) in [5.74, 6) is 2.25. The highest BCUT2D eigenvalue weighted by atomic mass is 79.9. The van der Waals surface area contributed by atoms with E-state index in [0.29, 0.717) is 5.92 Å². The van der Waals surface area contributed by atoms with Gasteiger partial charge in [-0.15, -0.1) is 0 Å². The van der Waals surface area contributed by atoms with Crippen LogP contribution in [0.5, 0.6) is 11.5 Å². The molecule has 0 amide bonds. The van der Waals surface area contributed by atoms with Crippen LogP contribution in [0.1, 0.15) is 31.0 Å². The molecule has 0 bridgehead atoms. The largest absolute Gasteiger partial charge is 0.497 e. The summed E-state index contributed by atoms with van der Waals surface area (Å²) in [4.78, 5) is 0. The van der Waals surface area contributed by atoms with Crippen LogP contribution in [-0.2, 0) is 5.41 Å². The van der Waals surface area contributed by atoms with Gasteiger partial charge in [0.15, 0.2) is 0 Å². The van der Waals surface area contributed by atoms with Crippen molar-refractivity contribution >= 4 is 21.6 Å². The molecule has 1 N–H and O–H groups in total. The molecule has 2 aromatic rings. The molecular weight excluding hydrogens is 354 g/mol. The molecule has 2 aliphatic heterocycles. The van der Waals surface area contributed by atoms with Gasteiger partial charge in [-0.25, -0.2) is 0 Å². The fraction of sp³-hybridized carbons (Fsp3) is 0.368. The van der Waals surface area contributed by atoms with Gasteiger partial charge in [0.05, 0.1) is 19.8 Å². The second kappa shape index (κ2) is 5.17. The summed E-state index contributed by atoms with van der Waals surface area (Å²) in [5, 5.41) is 3.73. The maximum atomic E-state index is 6.06. The van der Waals surface area contributed by atoms with Crippen LogP contribution < -0.4 is 14.8 Å². The molecule has 0 radical (unpaired) electrons. The van der Waals surface area contributed by atoms with Gasteiger partial charge in [0, 0.05) is 27.1 Å². The van der Waals surface area contributed by atoms with Crippen LogP contribution in [0, 0.1) is 5.92 Å². The Hall–Kier alpha value is -1.68. The standard InChI is InChI=1S/C19H20BrNO2/c1-19(2)14-9-12(22-3)5-6-16(14)21-18-13-8-11(20)4-7-17(13)23-10-15(18)19/h4-9,15,18,21H,10H2,1-3H3/t15-,18-/m1/s1. The van der Waals surface area contributed by atoms with Crippen LogP contribution in [0.2, 0.25) is 0 Å². The average molecular weight is 374 g/mol. The van der Waals surface area contributed by atoms with Crippen molar-refractivity contribution in [1.29, 1.82) is 0 Å². The van der Waals surface area contributed by atoms with Gasteiger partial charge in [-0.05, 0) is 42.0 Å². The zero-order valence-electron chi connectivity index (χ0n) is 13.5. The molecule has 3 nitrogen and oxygen atoms in total. The summed E-state index contributed by atoms with van der Waals surface area (Å²) >= 11 is 3.59. The van der Waals surface area contributed by atoms with Crippen molar-refractivity contribution < 1.29 is 9.47 Å². The van der Waals surface area contributed by atoms with E-state index in [0.717, 1.165) is 22.6 Å². The lowest BCUT2D eigenvalue weighted by Gasteiger charge is -2.48. The molecule has 0 aliphatic carbocycles. The van der Waals surface area contributed by atoms with E-state index in [9.17, 15) is 0 Å². The Balaban J connectivity index is 1.85. The minimum absolute atomic E-state index is 0.000201. The number of benzene rings is 2. The summed E-state index contributed by atoms with van der Waals surface area (Å²) in [6.45, 7) is 5.32. The van der Waals surface area contributed by atoms with Crippen LogP contribution in [0.15, 0.2) is 40.9 Å². The van der Waals surface area contributed by atoms with E-state index in [1.54, 1.807) is 7.11 Å². The lowest BCUT2D eigenvalue weighted by Crippen LogP contribution is -2.46. The third kappa shape index (κ3) is 2.23. The topological polar surface area (TPSA) is 30.5 Å². The summed E-state index contributed by atoms with van der Waals surface area (Å²) in [6, 6.07) is 12.8. The second-order valence-corrected chi connectivity index (χ2v) is 7.77. The van der Waals surface area contributed by atoms with Gasteiger partial charge in [0.25, 0.3) is 0 Å². The van der Waals surface area contributed by atoms with Gasteiger partial charge >= 0.3 is 0 Å². The molecule has 0 fully saturated rings. The van der Waals surface area contributed by atoms with E-state index >= 15 is 0 Å². The number of rotatable bonds is 1. The number of halogens is 1. The van der Waals surface area contributed by atoms with E-state index in [1.165, 1.54) is 16.8 Å². The van der Waals surface area contributed by atoms with Crippen LogP contribution in [0.3, 0.4) is 0 Å². The lowest BCUT2D eigenvalue weighted by atomic mass is 9.65. The average Bonchev–Trinajstić information content (AvgIpc) is 2.54. The highest BCUT2D eigenvalue weighted by Crippen LogP contribution is 2.52. The lowest BCUT2D eigenvalue weighted by molar-refractivity contribution is 0.135. The molecule has 0 saturated heterocycles. The summed E-state index contributed by atoms with van der Waals surface area (Å²) < 4.78 is 12.6. The fourth-order valence-electron chi connectivity index (χ4n) is 3.87. The SMILES string of the molecule is COc1ccc2c(c1)C(C)(C)[C@@H]1COc3ccc(Br)cc3[C@H]1N2. The molecule has 2 aliphatic rings. The van der Waals surface area contributed by atoms with Crippen LogP contribution in [-0.4, -0.2) is 13.7 Å². The first-order valence-electron chi connectivity index (χ1n) is 7.88. The van der Waals surface area contributed by atoms with E-state index in [2.05, 4.69) is 53.3 Å². The zero-order chi connectivity index (χ0) is 16.2. The number of anilines is 1. The van der Waals surface area contributed by atoms with Gasteiger partial charge in [-0.3, -0.25) is 0 Å².